The Morgan fingerprint density at radius 1 is 1.00 bits per heavy atom. The highest BCUT2D eigenvalue weighted by molar-refractivity contribution is 9.10. The Hall–Kier alpha value is -2.92. The van der Waals surface area contributed by atoms with E-state index < -0.39 is 0 Å². The first-order valence-corrected chi connectivity index (χ1v) is 10.0. The average molecular weight is 434 g/mol. The Labute approximate surface area is 172 Å². The zero-order chi connectivity index (χ0) is 19.5. The molecule has 0 aliphatic heterocycles. The van der Waals surface area contributed by atoms with Crippen molar-refractivity contribution in [1.29, 1.82) is 0 Å². The number of imidazole rings is 1. The molecule has 2 heterocycles. The lowest BCUT2D eigenvalue weighted by atomic mass is 9.98. The van der Waals surface area contributed by atoms with E-state index in [0.29, 0.717) is 12.1 Å². The number of amides is 1. The van der Waals surface area contributed by atoms with Gasteiger partial charge in [0, 0.05) is 10.7 Å². The largest absolute Gasteiger partial charge is 0.340 e. The number of rotatable bonds is 5. The Morgan fingerprint density at radius 2 is 1.61 bits per heavy atom. The number of benzene rings is 2. The van der Waals surface area contributed by atoms with Crippen molar-refractivity contribution in [1.82, 2.24) is 14.7 Å². The van der Waals surface area contributed by atoms with Crippen molar-refractivity contribution in [3.8, 4) is 0 Å². The molecule has 0 spiro atoms. The molecule has 1 amide bonds. The molecule has 0 aliphatic rings. The van der Waals surface area contributed by atoms with Crippen LogP contribution in [0.5, 0.6) is 0 Å². The third-order valence-corrected chi connectivity index (χ3v) is 5.21. The number of hydrogen-bond donors (Lipinski definition) is 1. The van der Waals surface area contributed by atoms with Crippen LogP contribution in [-0.2, 0) is 6.42 Å². The van der Waals surface area contributed by atoms with Crippen LogP contribution in [0.15, 0.2) is 83.5 Å². The van der Waals surface area contributed by atoms with Gasteiger partial charge in [-0.1, -0.05) is 67.6 Å². The van der Waals surface area contributed by atoms with Gasteiger partial charge in [0.2, 0.25) is 0 Å². The molecule has 4 rings (SSSR count). The molecule has 4 aromatic rings. The summed E-state index contributed by atoms with van der Waals surface area (Å²) >= 11 is 3.49. The molecule has 0 aliphatic carbocycles. The van der Waals surface area contributed by atoms with E-state index in [1.807, 2.05) is 90.3 Å². The SMILES string of the molecule is CCc1nc2ccc(Br)cn2c1C(=O)NC(c1ccccc1)c1ccccc1. The first-order chi connectivity index (χ1) is 13.7. The van der Waals surface area contributed by atoms with Crippen molar-refractivity contribution in [2.45, 2.75) is 19.4 Å². The van der Waals surface area contributed by atoms with Gasteiger partial charge in [-0.2, -0.15) is 0 Å². The summed E-state index contributed by atoms with van der Waals surface area (Å²) in [6.45, 7) is 2.01. The van der Waals surface area contributed by atoms with Crippen LogP contribution in [0.2, 0.25) is 0 Å². The second-order valence-corrected chi connectivity index (χ2v) is 7.48. The zero-order valence-corrected chi connectivity index (χ0v) is 17.1. The van der Waals surface area contributed by atoms with Crippen LogP contribution in [0.4, 0.5) is 0 Å². The Balaban J connectivity index is 1.77. The highest BCUT2D eigenvalue weighted by Gasteiger charge is 2.23. The van der Waals surface area contributed by atoms with E-state index in [4.69, 9.17) is 0 Å². The summed E-state index contributed by atoms with van der Waals surface area (Å²) in [6, 6.07) is 23.6. The lowest BCUT2D eigenvalue weighted by molar-refractivity contribution is 0.0936. The number of fused-ring (bicyclic) bond motifs is 1. The zero-order valence-electron chi connectivity index (χ0n) is 15.5. The van der Waals surface area contributed by atoms with Crippen LogP contribution in [0.25, 0.3) is 5.65 Å². The molecule has 0 saturated heterocycles. The van der Waals surface area contributed by atoms with Crippen LogP contribution in [0.1, 0.15) is 40.3 Å². The monoisotopic (exact) mass is 433 g/mol. The summed E-state index contributed by atoms with van der Waals surface area (Å²) in [5, 5.41) is 3.22. The van der Waals surface area contributed by atoms with Crippen molar-refractivity contribution < 1.29 is 4.79 Å². The minimum Gasteiger partial charge on any atom is -0.340 e. The van der Waals surface area contributed by atoms with Gasteiger partial charge in [-0.25, -0.2) is 4.98 Å². The lowest BCUT2D eigenvalue weighted by Crippen LogP contribution is -2.31. The van der Waals surface area contributed by atoms with E-state index in [-0.39, 0.29) is 11.9 Å². The van der Waals surface area contributed by atoms with E-state index in [2.05, 4.69) is 26.2 Å². The van der Waals surface area contributed by atoms with Crippen molar-refractivity contribution >= 4 is 27.5 Å². The second-order valence-electron chi connectivity index (χ2n) is 6.56. The van der Waals surface area contributed by atoms with Crippen molar-refractivity contribution in [2.75, 3.05) is 0 Å². The van der Waals surface area contributed by atoms with Gasteiger partial charge in [-0.15, -0.1) is 0 Å². The van der Waals surface area contributed by atoms with Crippen molar-refractivity contribution in [2.24, 2.45) is 0 Å². The summed E-state index contributed by atoms with van der Waals surface area (Å²) in [7, 11) is 0. The van der Waals surface area contributed by atoms with Gasteiger partial charge in [0.25, 0.3) is 5.91 Å². The third kappa shape index (κ3) is 3.58. The van der Waals surface area contributed by atoms with Crippen LogP contribution >= 0.6 is 15.9 Å². The molecule has 0 fully saturated rings. The van der Waals surface area contributed by atoms with E-state index in [0.717, 1.165) is 26.9 Å². The Kier molecular flexibility index (Phi) is 5.26. The smallest absolute Gasteiger partial charge is 0.270 e. The maximum Gasteiger partial charge on any atom is 0.270 e. The molecule has 5 heteroatoms. The van der Waals surface area contributed by atoms with E-state index in [1.54, 1.807) is 0 Å². The quantitative estimate of drug-likeness (QED) is 0.471. The number of aromatic nitrogens is 2. The second kappa shape index (κ2) is 7.98. The summed E-state index contributed by atoms with van der Waals surface area (Å²) < 4.78 is 2.75. The number of carbonyl (C=O) groups excluding carboxylic acids is 1. The first-order valence-electron chi connectivity index (χ1n) is 9.24. The lowest BCUT2D eigenvalue weighted by Gasteiger charge is -2.20. The van der Waals surface area contributed by atoms with Crippen LogP contribution < -0.4 is 5.32 Å². The van der Waals surface area contributed by atoms with Crippen LogP contribution in [0, 0.1) is 0 Å². The molecule has 0 saturated carbocycles. The number of carbonyl (C=O) groups is 1. The number of halogens is 1. The van der Waals surface area contributed by atoms with Gasteiger partial charge in [0.1, 0.15) is 11.3 Å². The van der Waals surface area contributed by atoms with Gasteiger partial charge in [0.05, 0.1) is 11.7 Å². The summed E-state index contributed by atoms with van der Waals surface area (Å²) in [5.41, 5.74) is 4.21. The van der Waals surface area contributed by atoms with Gasteiger partial charge in [-0.3, -0.25) is 9.20 Å². The van der Waals surface area contributed by atoms with Crippen LogP contribution in [-0.4, -0.2) is 15.3 Å². The molecular weight excluding hydrogens is 414 g/mol. The predicted molar refractivity (Wildman–Crippen MR) is 114 cm³/mol. The first kappa shape index (κ1) is 18.4. The fourth-order valence-corrected chi connectivity index (χ4v) is 3.74. The van der Waals surface area contributed by atoms with Crippen molar-refractivity contribution in [3.63, 3.8) is 0 Å². The molecule has 0 atom stereocenters. The fourth-order valence-electron chi connectivity index (χ4n) is 3.40. The van der Waals surface area contributed by atoms with E-state index in [9.17, 15) is 4.79 Å². The molecular formula is C23H20BrN3O. The molecule has 2 aromatic heterocycles. The van der Waals surface area contributed by atoms with Gasteiger partial charge < -0.3 is 5.32 Å². The predicted octanol–water partition coefficient (Wildman–Crippen LogP) is 5.18. The molecule has 0 unspecified atom stereocenters. The molecule has 0 radical (unpaired) electrons. The Bertz CT molecular complexity index is 1070. The maximum atomic E-state index is 13.4. The highest BCUT2D eigenvalue weighted by atomic mass is 79.9. The van der Waals surface area contributed by atoms with E-state index >= 15 is 0 Å². The Morgan fingerprint density at radius 3 is 2.18 bits per heavy atom. The summed E-state index contributed by atoms with van der Waals surface area (Å²) in [5.74, 6) is -0.139. The maximum absolute atomic E-state index is 13.4. The van der Waals surface area contributed by atoms with Crippen molar-refractivity contribution in [3.05, 3.63) is 106 Å². The number of aryl methyl sites for hydroxylation is 1. The van der Waals surface area contributed by atoms with Gasteiger partial charge in [0.15, 0.2) is 0 Å². The summed E-state index contributed by atoms with van der Waals surface area (Å²) in [4.78, 5) is 18.0. The average Bonchev–Trinajstić information content (AvgIpc) is 3.11. The molecule has 28 heavy (non-hydrogen) atoms. The normalized spacial score (nSPS) is 11.1. The number of nitrogens with zero attached hydrogens (tertiary/aromatic N) is 2. The third-order valence-electron chi connectivity index (χ3n) is 4.75. The molecule has 2 aromatic carbocycles. The topological polar surface area (TPSA) is 46.4 Å². The number of nitrogens with one attached hydrogen (secondary N) is 1. The fraction of sp³-hybridized carbons (Fsp3) is 0.130. The van der Waals surface area contributed by atoms with Crippen LogP contribution in [0.3, 0.4) is 0 Å². The molecule has 4 nitrogen and oxygen atoms in total. The minimum absolute atomic E-state index is 0.139. The van der Waals surface area contributed by atoms with E-state index in [1.165, 1.54) is 0 Å². The highest BCUT2D eigenvalue weighted by Crippen LogP contribution is 2.24. The molecule has 1 N–H and O–H groups in total. The summed E-state index contributed by atoms with van der Waals surface area (Å²) in [6.07, 6.45) is 2.57. The van der Waals surface area contributed by atoms with Gasteiger partial charge in [-0.05, 0) is 45.6 Å². The number of hydrogen-bond acceptors (Lipinski definition) is 2. The molecule has 0 bridgehead atoms. The minimum atomic E-state index is -0.239. The standard InChI is InChI=1S/C23H20BrN3O/c1-2-19-22(27-15-18(24)13-14-20(27)25-19)23(28)26-21(16-9-5-3-6-10-16)17-11-7-4-8-12-17/h3-15,21H,2H2,1H3,(H,26,28). The number of pyridine rings is 1. The van der Waals surface area contributed by atoms with Gasteiger partial charge >= 0.3 is 0 Å². The molecule has 140 valence electrons.